The molecule has 0 bridgehead atoms. The molecule has 0 saturated carbocycles. The Kier molecular flexibility index (Phi) is 3.97. The maximum absolute atomic E-state index is 12.5. The first-order valence-electron chi connectivity index (χ1n) is 7.48. The highest BCUT2D eigenvalue weighted by Crippen LogP contribution is 2.22. The number of nitrogens with zero attached hydrogens (tertiary/aromatic N) is 2. The summed E-state index contributed by atoms with van der Waals surface area (Å²) in [6.07, 6.45) is 0.736. The number of aryl methyl sites for hydroxylation is 2. The molecule has 1 aromatic carbocycles. The molecule has 3 aromatic rings. The Morgan fingerprint density at radius 3 is 2.70 bits per heavy atom. The Balaban J connectivity index is 1.87. The predicted molar refractivity (Wildman–Crippen MR) is 87.3 cm³/mol. The van der Waals surface area contributed by atoms with E-state index in [-0.39, 0.29) is 5.91 Å². The zero-order chi connectivity index (χ0) is 16.4. The van der Waals surface area contributed by atoms with E-state index >= 15 is 0 Å². The lowest BCUT2D eigenvalue weighted by atomic mass is 10.2. The number of amides is 1. The standard InChI is InChI=1S/C17H18N4O2/c1-4-13-10(2)21-23-17(13)20-16(22)14-11(3)18-15(19-14)12-8-6-5-7-9-12/h5-9H,4H2,1-3H3,(H,18,19)(H,20,22). The normalized spacial score (nSPS) is 10.7. The molecule has 0 aliphatic carbocycles. The van der Waals surface area contributed by atoms with Crippen molar-refractivity contribution in [3.8, 4) is 11.4 Å². The molecule has 6 nitrogen and oxygen atoms in total. The summed E-state index contributed by atoms with van der Waals surface area (Å²) in [6, 6.07) is 9.67. The van der Waals surface area contributed by atoms with E-state index in [1.54, 1.807) is 0 Å². The monoisotopic (exact) mass is 310 g/mol. The minimum absolute atomic E-state index is 0.313. The van der Waals surface area contributed by atoms with E-state index in [1.165, 1.54) is 0 Å². The van der Waals surface area contributed by atoms with Crippen LogP contribution in [0.5, 0.6) is 0 Å². The van der Waals surface area contributed by atoms with Crippen LogP contribution in [-0.2, 0) is 6.42 Å². The SMILES string of the molecule is CCc1c(C)noc1NC(=O)c1nc(-c2ccccc2)[nH]c1C. The summed E-state index contributed by atoms with van der Waals surface area (Å²) in [6.45, 7) is 5.66. The van der Waals surface area contributed by atoms with Gasteiger partial charge < -0.3 is 9.51 Å². The second kappa shape index (κ2) is 6.08. The Bertz CT molecular complexity index is 834. The first-order valence-corrected chi connectivity index (χ1v) is 7.48. The second-order valence-corrected chi connectivity index (χ2v) is 5.31. The highest BCUT2D eigenvalue weighted by Gasteiger charge is 2.19. The van der Waals surface area contributed by atoms with Crippen molar-refractivity contribution in [2.75, 3.05) is 5.32 Å². The highest BCUT2D eigenvalue weighted by atomic mass is 16.5. The predicted octanol–water partition coefficient (Wildman–Crippen LogP) is 3.50. The van der Waals surface area contributed by atoms with Crippen LogP contribution in [-0.4, -0.2) is 21.0 Å². The third-order valence-corrected chi connectivity index (χ3v) is 3.71. The average Bonchev–Trinajstić information content (AvgIpc) is 3.11. The van der Waals surface area contributed by atoms with Crippen LogP contribution in [0.1, 0.15) is 34.4 Å². The Morgan fingerprint density at radius 1 is 1.26 bits per heavy atom. The number of hydrogen-bond donors (Lipinski definition) is 2. The van der Waals surface area contributed by atoms with Gasteiger partial charge in [-0.05, 0) is 20.3 Å². The number of nitrogens with one attached hydrogen (secondary N) is 2. The summed E-state index contributed by atoms with van der Waals surface area (Å²) >= 11 is 0. The average molecular weight is 310 g/mol. The molecule has 1 amide bonds. The molecule has 0 radical (unpaired) electrons. The molecular weight excluding hydrogens is 292 g/mol. The topological polar surface area (TPSA) is 83.8 Å². The number of hydrogen-bond acceptors (Lipinski definition) is 4. The molecule has 2 aromatic heterocycles. The van der Waals surface area contributed by atoms with Crippen molar-refractivity contribution < 1.29 is 9.32 Å². The summed E-state index contributed by atoms with van der Waals surface area (Å²) in [4.78, 5) is 20.0. The Morgan fingerprint density at radius 2 is 2.00 bits per heavy atom. The lowest BCUT2D eigenvalue weighted by molar-refractivity contribution is 0.101. The molecular formula is C17H18N4O2. The molecule has 6 heteroatoms. The van der Waals surface area contributed by atoms with Crippen LogP contribution in [0, 0.1) is 13.8 Å². The molecule has 118 valence electrons. The fraction of sp³-hybridized carbons (Fsp3) is 0.235. The zero-order valence-electron chi connectivity index (χ0n) is 13.3. The molecule has 0 spiro atoms. The van der Waals surface area contributed by atoms with Gasteiger partial charge in [0.25, 0.3) is 5.91 Å². The van der Waals surface area contributed by atoms with Crippen molar-refractivity contribution >= 4 is 11.8 Å². The molecule has 0 atom stereocenters. The first-order chi connectivity index (χ1) is 11.1. The molecule has 0 unspecified atom stereocenters. The van der Waals surface area contributed by atoms with Crippen molar-refractivity contribution in [3.63, 3.8) is 0 Å². The van der Waals surface area contributed by atoms with Gasteiger partial charge in [0.15, 0.2) is 0 Å². The van der Waals surface area contributed by atoms with Crippen molar-refractivity contribution in [1.29, 1.82) is 0 Å². The smallest absolute Gasteiger partial charge is 0.278 e. The van der Waals surface area contributed by atoms with Crippen LogP contribution < -0.4 is 5.32 Å². The van der Waals surface area contributed by atoms with Crippen LogP contribution in [0.3, 0.4) is 0 Å². The molecule has 2 N–H and O–H groups in total. The van der Waals surface area contributed by atoms with E-state index in [1.807, 2.05) is 51.1 Å². The van der Waals surface area contributed by atoms with Gasteiger partial charge in [-0.25, -0.2) is 4.98 Å². The summed E-state index contributed by atoms with van der Waals surface area (Å²) in [7, 11) is 0. The molecule has 0 aliphatic rings. The number of rotatable bonds is 4. The van der Waals surface area contributed by atoms with Gasteiger partial charge in [-0.15, -0.1) is 0 Å². The van der Waals surface area contributed by atoms with Gasteiger partial charge in [0, 0.05) is 16.8 Å². The third-order valence-electron chi connectivity index (χ3n) is 3.71. The van der Waals surface area contributed by atoms with Crippen molar-refractivity contribution in [3.05, 3.63) is 53.0 Å². The van der Waals surface area contributed by atoms with Gasteiger partial charge >= 0.3 is 0 Å². The highest BCUT2D eigenvalue weighted by molar-refractivity contribution is 6.03. The summed E-state index contributed by atoms with van der Waals surface area (Å²) in [5.74, 6) is 0.739. The van der Waals surface area contributed by atoms with Crippen molar-refractivity contribution in [1.82, 2.24) is 15.1 Å². The Hall–Kier alpha value is -2.89. The van der Waals surface area contributed by atoms with E-state index in [4.69, 9.17) is 4.52 Å². The summed E-state index contributed by atoms with van der Waals surface area (Å²) in [5.41, 5.74) is 3.66. The van der Waals surface area contributed by atoms with Crippen LogP contribution in [0.4, 0.5) is 5.88 Å². The lowest BCUT2D eigenvalue weighted by Crippen LogP contribution is -2.14. The molecule has 0 saturated heterocycles. The number of carbonyl (C=O) groups is 1. The largest absolute Gasteiger partial charge is 0.341 e. The van der Waals surface area contributed by atoms with E-state index in [2.05, 4.69) is 20.4 Å². The van der Waals surface area contributed by atoms with Gasteiger partial charge in [0.2, 0.25) is 5.88 Å². The number of anilines is 1. The first kappa shape index (κ1) is 15.0. The number of benzene rings is 1. The minimum atomic E-state index is -0.313. The number of carbonyl (C=O) groups excluding carboxylic acids is 1. The van der Waals surface area contributed by atoms with E-state index < -0.39 is 0 Å². The fourth-order valence-electron chi connectivity index (χ4n) is 2.48. The molecule has 0 fully saturated rings. The van der Waals surface area contributed by atoms with Gasteiger partial charge in [0.05, 0.1) is 5.69 Å². The molecule has 0 aliphatic heterocycles. The number of imidazole rings is 1. The number of H-pyrrole nitrogens is 1. The maximum Gasteiger partial charge on any atom is 0.278 e. The van der Waals surface area contributed by atoms with E-state index in [0.29, 0.717) is 23.1 Å². The van der Waals surface area contributed by atoms with Crippen LogP contribution in [0.25, 0.3) is 11.4 Å². The van der Waals surface area contributed by atoms with Gasteiger partial charge in [-0.2, -0.15) is 0 Å². The van der Waals surface area contributed by atoms with Crippen molar-refractivity contribution in [2.24, 2.45) is 0 Å². The van der Waals surface area contributed by atoms with E-state index in [9.17, 15) is 4.79 Å². The van der Waals surface area contributed by atoms with Gasteiger partial charge in [-0.3, -0.25) is 10.1 Å². The number of aromatic nitrogens is 3. The van der Waals surface area contributed by atoms with E-state index in [0.717, 1.165) is 23.2 Å². The van der Waals surface area contributed by atoms with Gasteiger partial charge in [-0.1, -0.05) is 42.4 Å². The van der Waals surface area contributed by atoms with Crippen molar-refractivity contribution in [2.45, 2.75) is 27.2 Å². The number of aromatic amines is 1. The van der Waals surface area contributed by atoms with Crippen LogP contribution in [0.2, 0.25) is 0 Å². The quantitative estimate of drug-likeness (QED) is 0.772. The molecule has 3 rings (SSSR count). The lowest BCUT2D eigenvalue weighted by Gasteiger charge is -2.01. The Labute approximate surface area is 133 Å². The minimum Gasteiger partial charge on any atom is -0.341 e. The molecule has 2 heterocycles. The van der Waals surface area contributed by atoms with Crippen LogP contribution in [0.15, 0.2) is 34.9 Å². The summed E-state index contributed by atoms with van der Waals surface area (Å²) in [5, 5.41) is 6.65. The summed E-state index contributed by atoms with van der Waals surface area (Å²) < 4.78 is 5.19. The zero-order valence-corrected chi connectivity index (χ0v) is 13.3. The third kappa shape index (κ3) is 2.88. The second-order valence-electron chi connectivity index (χ2n) is 5.31. The fourth-order valence-corrected chi connectivity index (χ4v) is 2.48. The van der Waals surface area contributed by atoms with Crippen LogP contribution >= 0.6 is 0 Å². The molecule has 23 heavy (non-hydrogen) atoms. The van der Waals surface area contributed by atoms with Gasteiger partial charge in [0.1, 0.15) is 11.5 Å². The maximum atomic E-state index is 12.5.